The van der Waals surface area contributed by atoms with Gasteiger partial charge in [0, 0.05) is 35.5 Å². The van der Waals surface area contributed by atoms with E-state index in [0.29, 0.717) is 36.2 Å². The number of aromatic nitrogens is 1. The summed E-state index contributed by atoms with van der Waals surface area (Å²) in [6.07, 6.45) is 6.06. The summed E-state index contributed by atoms with van der Waals surface area (Å²) in [6, 6.07) is 18.8. The second-order valence-electron chi connectivity index (χ2n) is 10.5. The lowest BCUT2D eigenvalue weighted by molar-refractivity contribution is 0.0864. The Morgan fingerprint density at radius 2 is 1.53 bits per heavy atom. The van der Waals surface area contributed by atoms with Gasteiger partial charge in [0.2, 0.25) is 0 Å². The number of Topliss-reactive ketones (excluding diaryl/α,β-unsaturated/α-hetero) is 1. The predicted molar refractivity (Wildman–Crippen MR) is 134 cm³/mol. The Bertz CT molecular complexity index is 1090. The number of carbonyl (C=O) groups is 1. The number of hydrogen-bond donors (Lipinski definition) is 1. The average Bonchev–Trinajstić information content (AvgIpc) is 2.77. The Balaban J connectivity index is 1.38. The first kappa shape index (κ1) is 24.0. The predicted octanol–water partition coefficient (Wildman–Crippen LogP) is 6.58. The highest BCUT2D eigenvalue weighted by Crippen LogP contribution is 2.36. The van der Waals surface area contributed by atoms with Crippen LogP contribution in [0, 0.1) is 5.92 Å². The Kier molecular flexibility index (Phi) is 7.03. The minimum absolute atomic E-state index is 0.0389. The van der Waals surface area contributed by atoms with Crippen molar-refractivity contribution in [2.75, 3.05) is 0 Å². The monoisotopic (exact) mass is 458 g/mol. The van der Waals surface area contributed by atoms with E-state index in [-0.39, 0.29) is 16.9 Å². The molecule has 1 aromatic heterocycles. The van der Waals surface area contributed by atoms with E-state index in [4.69, 9.17) is 9.47 Å². The molecule has 1 saturated heterocycles. The van der Waals surface area contributed by atoms with E-state index in [1.807, 2.05) is 60.7 Å². The van der Waals surface area contributed by atoms with Crippen molar-refractivity contribution in [2.45, 2.75) is 64.6 Å². The molecule has 3 aromatic rings. The molecular formula is C29H34N2O3. The van der Waals surface area contributed by atoms with Gasteiger partial charge in [-0.05, 0) is 101 Å². The van der Waals surface area contributed by atoms with Gasteiger partial charge in [-0.15, -0.1) is 0 Å². The maximum absolute atomic E-state index is 13.0. The van der Waals surface area contributed by atoms with Crippen LogP contribution < -0.4 is 14.8 Å². The van der Waals surface area contributed by atoms with Crippen molar-refractivity contribution in [2.24, 2.45) is 5.92 Å². The molecule has 34 heavy (non-hydrogen) atoms. The lowest BCUT2D eigenvalue weighted by Gasteiger charge is -2.46. The minimum Gasteiger partial charge on any atom is -0.485 e. The van der Waals surface area contributed by atoms with Crippen LogP contribution in [-0.2, 0) is 6.61 Å². The zero-order valence-electron chi connectivity index (χ0n) is 20.5. The van der Waals surface area contributed by atoms with E-state index in [9.17, 15) is 4.79 Å². The van der Waals surface area contributed by atoms with Crippen molar-refractivity contribution in [3.63, 3.8) is 0 Å². The summed E-state index contributed by atoms with van der Waals surface area (Å²) < 4.78 is 12.0. The molecule has 1 N–H and O–H groups in total. The molecule has 4 rings (SSSR count). The lowest BCUT2D eigenvalue weighted by Crippen LogP contribution is -2.57. The van der Waals surface area contributed by atoms with E-state index in [1.54, 1.807) is 12.4 Å². The van der Waals surface area contributed by atoms with Gasteiger partial charge in [0.15, 0.2) is 17.3 Å². The van der Waals surface area contributed by atoms with Crippen LogP contribution in [0.2, 0.25) is 0 Å². The standard InChI is InChI=1S/C29H34N2O3/c1-28(2)18-22(19-29(3,4)31-28)17-25(32)23-9-11-24(12-10-23)34-27-8-6-5-7-26(27)33-20-21-13-15-30-16-14-21/h5-16,22,31H,17-20H2,1-4H3. The second-order valence-corrected chi connectivity index (χ2v) is 10.5. The van der Waals surface area contributed by atoms with Gasteiger partial charge in [-0.25, -0.2) is 0 Å². The maximum atomic E-state index is 13.0. The Labute approximate surface area is 202 Å². The van der Waals surface area contributed by atoms with Crippen LogP contribution in [0.25, 0.3) is 0 Å². The van der Waals surface area contributed by atoms with Crippen LogP contribution in [0.15, 0.2) is 73.1 Å². The number of para-hydroxylation sites is 2. The van der Waals surface area contributed by atoms with Gasteiger partial charge < -0.3 is 14.8 Å². The Hall–Kier alpha value is -3.18. The summed E-state index contributed by atoms with van der Waals surface area (Å²) in [4.78, 5) is 17.0. The normalized spacial score (nSPS) is 17.2. The number of nitrogens with zero attached hydrogens (tertiary/aromatic N) is 1. The van der Waals surface area contributed by atoms with Crippen molar-refractivity contribution < 1.29 is 14.3 Å². The summed E-state index contributed by atoms with van der Waals surface area (Å²) >= 11 is 0. The fourth-order valence-corrected chi connectivity index (χ4v) is 5.19. The molecule has 0 radical (unpaired) electrons. The van der Waals surface area contributed by atoms with Gasteiger partial charge in [0.1, 0.15) is 12.4 Å². The van der Waals surface area contributed by atoms with Gasteiger partial charge in [-0.1, -0.05) is 12.1 Å². The van der Waals surface area contributed by atoms with E-state index in [2.05, 4.69) is 38.0 Å². The molecule has 0 aliphatic carbocycles. The molecule has 1 aliphatic heterocycles. The SMILES string of the molecule is CC1(C)CC(CC(=O)c2ccc(Oc3ccccc3OCc3ccncc3)cc2)CC(C)(C)N1. The van der Waals surface area contributed by atoms with Gasteiger partial charge in [-0.2, -0.15) is 0 Å². The van der Waals surface area contributed by atoms with Crippen molar-refractivity contribution >= 4 is 5.78 Å². The topological polar surface area (TPSA) is 60.5 Å². The number of carbonyl (C=O) groups excluding carboxylic acids is 1. The summed E-state index contributed by atoms with van der Waals surface area (Å²) in [7, 11) is 0. The fourth-order valence-electron chi connectivity index (χ4n) is 5.19. The van der Waals surface area contributed by atoms with Crippen LogP contribution in [-0.4, -0.2) is 21.8 Å². The molecule has 0 amide bonds. The molecule has 5 nitrogen and oxygen atoms in total. The van der Waals surface area contributed by atoms with Gasteiger partial charge in [-0.3, -0.25) is 9.78 Å². The Morgan fingerprint density at radius 3 is 2.18 bits per heavy atom. The zero-order valence-corrected chi connectivity index (χ0v) is 20.5. The average molecular weight is 459 g/mol. The molecule has 0 atom stereocenters. The van der Waals surface area contributed by atoms with Gasteiger partial charge in [0.25, 0.3) is 0 Å². The third-order valence-electron chi connectivity index (χ3n) is 6.15. The molecular weight excluding hydrogens is 424 g/mol. The molecule has 2 heterocycles. The number of ether oxygens (including phenoxy) is 2. The van der Waals surface area contributed by atoms with Gasteiger partial charge >= 0.3 is 0 Å². The molecule has 1 fully saturated rings. The maximum Gasteiger partial charge on any atom is 0.169 e. The molecule has 2 aromatic carbocycles. The minimum atomic E-state index is 0.0389. The van der Waals surface area contributed by atoms with Crippen LogP contribution in [0.3, 0.4) is 0 Å². The Morgan fingerprint density at radius 1 is 0.912 bits per heavy atom. The third kappa shape index (κ3) is 6.45. The molecule has 0 bridgehead atoms. The first-order valence-corrected chi connectivity index (χ1v) is 11.9. The van der Waals surface area contributed by atoms with Crippen molar-refractivity contribution in [1.29, 1.82) is 0 Å². The molecule has 178 valence electrons. The molecule has 0 unspecified atom stereocenters. The van der Waals surface area contributed by atoms with Crippen LogP contribution in [0.1, 0.15) is 62.9 Å². The van der Waals surface area contributed by atoms with E-state index in [1.165, 1.54) is 0 Å². The number of pyridine rings is 1. The highest BCUT2D eigenvalue weighted by Gasteiger charge is 2.38. The van der Waals surface area contributed by atoms with Crippen LogP contribution in [0.5, 0.6) is 17.2 Å². The molecule has 0 spiro atoms. The number of piperidine rings is 1. The van der Waals surface area contributed by atoms with Crippen molar-refractivity contribution in [1.82, 2.24) is 10.3 Å². The highest BCUT2D eigenvalue weighted by atomic mass is 16.5. The second kappa shape index (κ2) is 9.98. The number of rotatable bonds is 8. The lowest BCUT2D eigenvalue weighted by atomic mass is 9.74. The molecule has 1 aliphatic rings. The summed E-state index contributed by atoms with van der Waals surface area (Å²) in [5, 5.41) is 3.69. The molecule has 5 heteroatoms. The van der Waals surface area contributed by atoms with Crippen LogP contribution in [0.4, 0.5) is 0 Å². The van der Waals surface area contributed by atoms with Crippen LogP contribution >= 0.6 is 0 Å². The smallest absolute Gasteiger partial charge is 0.169 e. The summed E-state index contributed by atoms with van der Waals surface area (Å²) in [5.74, 6) is 2.52. The summed E-state index contributed by atoms with van der Waals surface area (Å²) in [5.41, 5.74) is 1.84. The largest absolute Gasteiger partial charge is 0.485 e. The number of nitrogens with one attached hydrogen (secondary N) is 1. The first-order valence-electron chi connectivity index (χ1n) is 11.9. The van der Waals surface area contributed by atoms with E-state index in [0.717, 1.165) is 24.0 Å². The first-order chi connectivity index (χ1) is 16.2. The quantitative estimate of drug-likeness (QED) is 0.386. The third-order valence-corrected chi connectivity index (χ3v) is 6.15. The number of benzene rings is 2. The zero-order chi connectivity index (χ0) is 24.2. The number of hydrogen-bond acceptors (Lipinski definition) is 5. The van der Waals surface area contributed by atoms with Crippen molar-refractivity contribution in [3.05, 3.63) is 84.2 Å². The molecule has 0 saturated carbocycles. The van der Waals surface area contributed by atoms with E-state index < -0.39 is 0 Å². The highest BCUT2D eigenvalue weighted by molar-refractivity contribution is 5.96. The van der Waals surface area contributed by atoms with Crippen molar-refractivity contribution in [3.8, 4) is 17.2 Å². The van der Waals surface area contributed by atoms with E-state index >= 15 is 0 Å². The number of ketones is 1. The van der Waals surface area contributed by atoms with Gasteiger partial charge in [0.05, 0.1) is 0 Å². The fraction of sp³-hybridized carbons (Fsp3) is 0.379. The summed E-state index contributed by atoms with van der Waals surface area (Å²) in [6.45, 7) is 9.30.